The predicted molar refractivity (Wildman–Crippen MR) is 67.4 cm³/mol. The summed E-state index contributed by atoms with van der Waals surface area (Å²) in [4.78, 5) is 0.248. The second-order valence-corrected chi connectivity index (χ2v) is 8.78. The van der Waals surface area contributed by atoms with Crippen LogP contribution in [0.3, 0.4) is 0 Å². The van der Waals surface area contributed by atoms with Crippen molar-refractivity contribution in [1.29, 1.82) is 0 Å². The van der Waals surface area contributed by atoms with Gasteiger partial charge in [-0.1, -0.05) is 15.9 Å². The molecular formula is C10H21BrO3S. The first kappa shape index (κ1) is 15.4. The number of sulfone groups is 1. The van der Waals surface area contributed by atoms with Gasteiger partial charge in [0, 0.05) is 11.9 Å². The Morgan fingerprint density at radius 3 is 2.27 bits per heavy atom. The zero-order valence-corrected chi connectivity index (χ0v) is 12.3. The Morgan fingerprint density at radius 2 is 1.87 bits per heavy atom. The van der Waals surface area contributed by atoms with Crippen molar-refractivity contribution in [3.8, 4) is 0 Å². The zero-order valence-electron chi connectivity index (χ0n) is 9.92. The van der Waals surface area contributed by atoms with Crippen LogP contribution >= 0.6 is 15.9 Å². The fraction of sp³-hybridized carbons (Fsp3) is 1.00. The molecule has 0 N–H and O–H groups in total. The zero-order chi connectivity index (χ0) is 12.1. The van der Waals surface area contributed by atoms with E-state index in [0.29, 0.717) is 13.0 Å². The van der Waals surface area contributed by atoms with Crippen LogP contribution in [-0.2, 0) is 14.6 Å². The summed E-state index contributed by atoms with van der Waals surface area (Å²) in [6.45, 7) is 5.84. The fourth-order valence-electron chi connectivity index (χ4n) is 1.07. The van der Waals surface area contributed by atoms with Crippen LogP contribution in [0, 0.1) is 0 Å². The molecule has 15 heavy (non-hydrogen) atoms. The van der Waals surface area contributed by atoms with Crippen molar-refractivity contribution < 1.29 is 13.2 Å². The van der Waals surface area contributed by atoms with Gasteiger partial charge in [0.1, 0.15) is 0 Å². The van der Waals surface area contributed by atoms with E-state index in [2.05, 4.69) is 15.9 Å². The Bertz CT molecular complexity index is 267. The van der Waals surface area contributed by atoms with Crippen molar-refractivity contribution in [2.24, 2.45) is 0 Å². The highest BCUT2D eigenvalue weighted by molar-refractivity contribution is 9.09. The van der Waals surface area contributed by atoms with E-state index < -0.39 is 14.6 Å². The van der Waals surface area contributed by atoms with Crippen molar-refractivity contribution in [1.82, 2.24) is 0 Å². The normalized spacial score (nSPS) is 15.3. The number of rotatable bonds is 6. The third-order valence-corrected chi connectivity index (χ3v) is 5.63. The molecule has 1 unspecified atom stereocenters. The molecule has 0 amide bonds. The molecule has 5 heteroatoms. The van der Waals surface area contributed by atoms with Crippen LogP contribution in [0.2, 0.25) is 0 Å². The first-order valence-electron chi connectivity index (χ1n) is 5.06. The molecule has 0 aromatic heterocycles. The van der Waals surface area contributed by atoms with Gasteiger partial charge in [-0.25, -0.2) is 8.42 Å². The van der Waals surface area contributed by atoms with Crippen molar-refractivity contribution in [3.63, 3.8) is 0 Å². The van der Waals surface area contributed by atoms with Gasteiger partial charge in [0.25, 0.3) is 0 Å². The van der Waals surface area contributed by atoms with Gasteiger partial charge in [0.15, 0.2) is 9.84 Å². The maximum absolute atomic E-state index is 11.7. The topological polar surface area (TPSA) is 43.4 Å². The Hall–Kier alpha value is 0.390. The Labute approximate surface area is 102 Å². The van der Waals surface area contributed by atoms with Crippen molar-refractivity contribution in [2.75, 3.05) is 19.5 Å². The van der Waals surface area contributed by atoms with E-state index in [-0.39, 0.29) is 10.6 Å². The lowest BCUT2D eigenvalue weighted by molar-refractivity contribution is 0.198. The maximum Gasteiger partial charge on any atom is 0.155 e. The summed E-state index contributed by atoms with van der Waals surface area (Å²) in [5.74, 6) is 0.252. The van der Waals surface area contributed by atoms with Crippen LogP contribution in [-0.4, -0.2) is 37.5 Å². The summed E-state index contributed by atoms with van der Waals surface area (Å²) >= 11 is 3.44. The molecule has 0 radical (unpaired) electrons. The van der Waals surface area contributed by atoms with E-state index in [1.165, 1.54) is 0 Å². The number of halogens is 1. The van der Waals surface area contributed by atoms with E-state index in [4.69, 9.17) is 4.74 Å². The predicted octanol–water partition coefficient (Wildman–Crippen LogP) is 2.39. The summed E-state index contributed by atoms with van der Waals surface area (Å²) in [5, 5.41) is 0. The highest BCUT2D eigenvalue weighted by Crippen LogP contribution is 2.18. The van der Waals surface area contributed by atoms with Crippen molar-refractivity contribution in [2.45, 2.75) is 43.2 Å². The molecule has 0 aromatic carbocycles. The van der Waals surface area contributed by atoms with Gasteiger partial charge in [-0.15, -0.1) is 0 Å². The standard InChI is InChI=1S/C10H21BrO3S/c1-10(2,3)15(12,13)7-5-6-9(11)8-14-4/h9H,5-8H2,1-4H3. The molecule has 0 spiro atoms. The molecule has 0 saturated heterocycles. The number of hydrogen-bond donors (Lipinski definition) is 0. The third kappa shape index (κ3) is 5.88. The summed E-state index contributed by atoms with van der Waals surface area (Å²) in [6.07, 6.45) is 1.50. The average Bonchev–Trinajstić information content (AvgIpc) is 2.01. The highest BCUT2D eigenvalue weighted by Gasteiger charge is 2.28. The molecule has 0 aliphatic rings. The highest BCUT2D eigenvalue weighted by atomic mass is 79.9. The van der Waals surface area contributed by atoms with Gasteiger partial charge >= 0.3 is 0 Å². The summed E-state index contributed by atoms with van der Waals surface area (Å²) in [7, 11) is -1.33. The molecule has 0 bridgehead atoms. The largest absolute Gasteiger partial charge is 0.384 e. The summed E-state index contributed by atoms with van der Waals surface area (Å²) < 4.78 is 27.8. The lowest BCUT2D eigenvalue weighted by atomic mass is 10.2. The maximum atomic E-state index is 11.7. The van der Waals surface area contributed by atoms with Gasteiger partial charge in [-0.2, -0.15) is 0 Å². The average molecular weight is 301 g/mol. The van der Waals surface area contributed by atoms with Gasteiger partial charge in [-0.05, 0) is 33.6 Å². The van der Waals surface area contributed by atoms with E-state index in [0.717, 1.165) is 6.42 Å². The SMILES string of the molecule is COCC(Br)CCCS(=O)(=O)C(C)(C)C. The molecule has 3 nitrogen and oxygen atoms in total. The van der Waals surface area contributed by atoms with E-state index in [9.17, 15) is 8.42 Å². The minimum absolute atomic E-state index is 0.248. The van der Waals surface area contributed by atoms with Crippen molar-refractivity contribution in [3.05, 3.63) is 0 Å². The smallest absolute Gasteiger partial charge is 0.155 e. The van der Waals surface area contributed by atoms with Gasteiger partial charge in [-0.3, -0.25) is 0 Å². The van der Waals surface area contributed by atoms with Gasteiger partial charge < -0.3 is 4.74 Å². The van der Waals surface area contributed by atoms with E-state index in [1.807, 2.05) is 0 Å². The number of alkyl halides is 1. The molecule has 0 aromatic rings. The van der Waals surface area contributed by atoms with E-state index >= 15 is 0 Å². The molecule has 1 atom stereocenters. The molecule has 0 fully saturated rings. The monoisotopic (exact) mass is 300 g/mol. The molecule has 0 rings (SSSR count). The van der Waals surface area contributed by atoms with Crippen LogP contribution < -0.4 is 0 Å². The fourth-order valence-corrected chi connectivity index (χ4v) is 2.81. The molecule has 0 aliphatic carbocycles. The molecule has 92 valence electrons. The van der Waals surface area contributed by atoms with Crippen LogP contribution in [0.25, 0.3) is 0 Å². The van der Waals surface area contributed by atoms with Crippen LogP contribution in [0.4, 0.5) is 0 Å². The van der Waals surface area contributed by atoms with Gasteiger partial charge in [0.2, 0.25) is 0 Å². The summed E-state index contributed by atoms with van der Waals surface area (Å²) in [6, 6.07) is 0. The van der Waals surface area contributed by atoms with E-state index in [1.54, 1.807) is 27.9 Å². The molecule has 0 aliphatic heterocycles. The molecule has 0 heterocycles. The van der Waals surface area contributed by atoms with Crippen LogP contribution in [0.1, 0.15) is 33.6 Å². The second kappa shape index (κ2) is 6.21. The number of ether oxygens (including phenoxy) is 1. The first-order chi connectivity index (χ1) is 6.70. The van der Waals surface area contributed by atoms with Crippen LogP contribution in [0.5, 0.6) is 0 Å². The minimum atomic E-state index is -2.97. The third-order valence-electron chi connectivity index (χ3n) is 2.21. The first-order valence-corrected chi connectivity index (χ1v) is 7.63. The lowest BCUT2D eigenvalue weighted by Crippen LogP contribution is -2.30. The summed E-state index contributed by atoms with van der Waals surface area (Å²) in [5.41, 5.74) is 0. The van der Waals surface area contributed by atoms with Crippen LogP contribution in [0.15, 0.2) is 0 Å². The molecule has 0 saturated carbocycles. The quantitative estimate of drug-likeness (QED) is 0.708. The van der Waals surface area contributed by atoms with Gasteiger partial charge in [0.05, 0.1) is 17.1 Å². The Kier molecular flexibility index (Phi) is 6.37. The number of hydrogen-bond acceptors (Lipinski definition) is 3. The van der Waals surface area contributed by atoms with Crippen molar-refractivity contribution >= 4 is 25.8 Å². The Balaban J connectivity index is 3.97. The Morgan fingerprint density at radius 1 is 1.33 bits per heavy atom. The number of methoxy groups -OCH3 is 1. The minimum Gasteiger partial charge on any atom is -0.384 e. The molecular weight excluding hydrogens is 280 g/mol. The lowest BCUT2D eigenvalue weighted by Gasteiger charge is -2.19. The second-order valence-electron chi connectivity index (χ2n) is 4.63.